The fourth-order valence-electron chi connectivity index (χ4n) is 3.16. The van der Waals surface area contributed by atoms with Crippen LogP contribution in [0.3, 0.4) is 0 Å². The highest BCUT2D eigenvalue weighted by Crippen LogP contribution is 2.25. The Hall–Kier alpha value is -1.97. The molecule has 0 unspecified atom stereocenters. The highest BCUT2D eigenvalue weighted by atomic mass is 79.9. The number of hydrogen-bond donors (Lipinski definition) is 0. The first kappa shape index (κ1) is 20.8. The number of sulfonamides is 1. The van der Waals surface area contributed by atoms with Crippen LogP contribution >= 0.6 is 15.9 Å². The van der Waals surface area contributed by atoms with Gasteiger partial charge in [-0.25, -0.2) is 13.4 Å². The number of oxazole rings is 1. The van der Waals surface area contributed by atoms with Crippen molar-refractivity contribution in [3.05, 3.63) is 52.1 Å². The normalized spacial score (nSPS) is 12.1. The Bertz CT molecular complexity index is 1070. The van der Waals surface area contributed by atoms with E-state index in [0.29, 0.717) is 42.6 Å². The van der Waals surface area contributed by atoms with E-state index in [4.69, 9.17) is 4.42 Å². The summed E-state index contributed by atoms with van der Waals surface area (Å²) in [5, 5.41) is 4.44. The van der Waals surface area contributed by atoms with Gasteiger partial charge in [0.1, 0.15) is 16.9 Å². The van der Waals surface area contributed by atoms with Crippen molar-refractivity contribution < 1.29 is 12.8 Å². The molecule has 0 bridgehead atoms. The molecule has 28 heavy (non-hydrogen) atoms. The highest BCUT2D eigenvalue weighted by Gasteiger charge is 2.29. The van der Waals surface area contributed by atoms with Crippen molar-refractivity contribution in [2.75, 3.05) is 13.1 Å². The maximum Gasteiger partial charge on any atom is 0.246 e. The van der Waals surface area contributed by atoms with Crippen LogP contribution in [-0.4, -0.2) is 40.6 Å². The van der Waals surface area contributed by atoms with E-state index in [2.05, 4.69) is 26.0 Å². The molecule has 2 heterocycles. The molecule has 0 saturated carbocycles. The van der Waals surface area contributed by atoms with E-state index >= 15 is 0 Å². The molecule has 150 valence electrons. The summed E-state index contributed by atoms with van der Waals surface area (Å²) >= 11 is 3.41. The number of rotatable bonds is 7. The summed E-state index contributed by atoms with van der Waals surface area (Å²) in [6.07, 6.45) is 1.58. The predicted molar refractivity (Wildman–Crippen MR) is 111 cm³/mol. The quantitative estimate of drug-likeness (QED) is 0.525. The van der Waals surface area contributed by atoms with E-state index in [1.807, 2.05) is 38.1 Å². The van der Waals surface area contributed by atoms with Crippen molar-refractivity contribution in [3.8, 4) is 11.5 Å². The van der Waals surface area contributed by atoms with Crippen LogP contribution in [0.25, 0.3) is 11.5 Å². The second kappa shape index (κ2) is 8.18. The molecule has 0 saturated heterocycles. The maximum absolute atomic E-state index is 13.0. The van der Waals surface area contributed by atoms with E-state index in [-0.39, 0.29) is 4.90 Å². The molecule has 3 aromatic rings. The Morgan fingerprint density at radius 3 is 2.39 bits per heavy atom. The Kier molecular flexibility index (Phi) is 6.07. The van der Waals surface area contributed by atoms with E-state index in [1.54, 1.807) is 24.8 Å². The van der Waals surface area contributed by atoms with E-state index in [9.17, 15) is 8.42 Å². The lowest BCUT2D eigenvalue weighted by molar-refractivity contribution is 0.444. The molecule has 1 aromatic carbocycles. The lowest BCUT2D eigenvalue weighted by atomic mass is 10.2. The van der Waals surface area contributed by atoms with Gasteiger partial charge in [-0.05, 0) is 38.1 Å². The van der Waals surface area contributed by atoms with Crippen LogP contribution in [0.4, 0.5) is 0 Å². The van der Waals surface area contributed by atoms with Crippen LogP contribution < -0.4 is 0 Å². The number of benzene rings is 1. The van der Waals surface area contributed by atoms with Crippen molar-refractivity contribution in [1.29, 1.82) is 0 Å². The van der Waals surface area contributed by atoms with Gasteiger partial charge in [0.05, 0.1) is 17.9 Å². The van der Waals surface area contributed by atoms with Gasteiger partial charge in [0.2, 0.25) is 15.9 Å². The minimum absolute atomic E-state index is 0.271. The van der Waals surface area contributed by atoms with Crippen molar-refractivity contribution in [2.24, 2.45) is 0 Å². The summed E-state index contributed by atoms with van der Waals surface area (Å²) in [5.41, 5.74) is 2.63. The standard InChI is InChI=1S/C19H23BrN4O3S/c1-5-23(6-2)28(25,26)18-13(3)22-24(14(18)4)11-17-12-27-19(21-17)15-7-9-16(20)10-8-15/h7-10,12H,5-6,11H2,1-4H3. The highest BCUT2D eigenvalue weighted by molar-refractivity contribution is 9.10. The van der Waals surface area contributed by atoms with Crippen molar-refractivity contribution in [3.63, 3.8) is 0 Å². The molecule has 0 N–H and O–H groups in total. The SMILES string of the molecule is CCN(CC)S(=O)(=O)c1c(C)nn(Cc2coc(-c3ccc(Br)cc3)n2)c1C. The molecule has 9 heteroatoms. The molecule has 0 radical (unpaired) electrons. The van der Waals surface area contributed by atoms with Gasteiger partial charge in [0.25, 0.3) is 0 Å². The molecule has 0 aliphatic rings. The second-order valence-electron chi connectivity index (χ2n) is 6.40. The third kappa shape index (κ3) is 3.92. The first-order valence-corrected chi connectivity index (χ1v) is 11.3. The smallest absolute Gasteiger partial charge is 0.246 e. The molecule has 0 atom stereocenters. The third-order valence-corrected chi connectivity index (χ3v) is 7.40. The van der Waals surface area contributed by atoms with Gasteiger partial charge in [-0.1, -0.05) is 29.8 Å². The van der Waals surface area contributed by atoms with E-state index in [0.717, 1.165) is 10.0 Å². The maximum atomic E-state index is 13.0. The van der Waals surface area contributed by atoms with Crippen LogP contribution in [0.5, 0.6) is 0 Å². The van der Waals surface area contributed by atoms with Gasteiger partial charge in [0.15, 0.2) is 0 Å². The third-order valence-electron chi connectivity index (χ3n) is 4.57. The zero-order valence-corrected chi connectivity index (χ0v) is 18.7. The fourth-order valence-corrected chi connectivity index (χ4v) is 5.25. The molecule has 0 aliphatic heterocycles. The van der Waals surface area contributed by atoms with Gasteiger partial charge < -0.3 is 4.42 Å². The Morgan fingerprint density at radius 1 is 1.14 bits per heavy atom. The predicted octanol–water partition coefficient (Wildman–Crippen LogP) is 4.00. The van der Waals surface area contributed by atoms with E-state index in [1.165, 1.54) is 4.31 Å². The summed E-state index contributed by atoms with van der Waals surface area (Å²) < 4.78 is 35.6. The van der Waals surface area contributed by atoms with Gasteiger partial charge in [0, 0.05) is 23.1 Å². The Morgan fingerprint density at radius 2 is 1.79 bits per heavy atom. The lowest BCUT2D eigenvalue weighted by Gasteiger charge is -2.18. The van der Waals surface area contributed by atoms with Gasteiger partial charge >= 0.3 is 0 Å². The van der Waals surface area contributed by atoms with Crippen molar-refractivity contribution in [2.45, 2.75) is 39.1 Å². The summed E-state index contributed by atoms with van der Waals surface area (Å²) in [7, 11) is -3.57. The summed E-state index contributed by atoms with van der Waals surface area (Å²) in [6, 6.07) is 7.67. The minimum Gasteiger partial charge on any atom is -0.444 e. The first-order valence-electron chi connectivity index (χ1n) is 9.02. The number of hydrogen-bond acceptors (Lipinski definition) is 5. The van der Waals surface area contributed by atoms with Crippen molar-refractivity contribution in [1.82, 2.24) is 19.1 Å². The molecular formula is C19H23BrN4O3S. The topological polar surface area (TPSA) is 81.2 Å². The zero-order chi connectivity index (χ0) is 20.5. The van der Waals surface area contributed by atoms with Crippen LogP contribution in [0.15, 0.2) is 44.3 Å². The molecule has 7 nitrogen and oxygen atoms in total. The second-order valence-corrected chi connectivity index (χ2v) is 9.19. The van der Waals surface area contributed by atoms with Gasteiger partial charge in [-0.2, -0.15) is 9.40 Å². The Labute approximate surface area is 173 Å². The first-order chi connectivity index (χ1) is 13.3. The molecular weight excluding hydrogens is 444 g/mol. The number of halogens is 1. The summed E-state index contributed by atoms with van der Waals surface area (Å²) in [4.78, 5) is 4.78. The molecule has 0 amide bonds. The molecule has 0 fully saturated rings. The van der Waals surface area contributed by atoms with Crippen molar-refractivity contribution >= 4 is 26.0 Å². The number of nitrogens with zero attached hydrogens (tertiary/aromatic N) is 4. The summed E-state index contributed by atoms with van der Waals surface area (Å²) in [6.45, 7) is 8.32. The number of aromatic nitrogens is 3. The van der Waals surface area contributed by atoms with Gasteiger partial charge in [-0.15, -0.1) is 0 Å². The molecule has 3 rings (SSSR count). The fraction of sp³-hybridized carbons (Fsp3) is 0.368. The van der Waals surface area contributed by atoms with Crippen LogP contribution in [-0.2, 0) is 16.6 Å². The van der Waals surface area contributed by atoms with Crippen LogP contribution in [0.1, 0.15) is 30.9 Å². The van der Waals surface area contributed by atoms with Crippen LogP contribution in [0, 0.1) is 13.8 Å². The molecule has 2 aromatic heterocycles. The Balaban J connectivity index is 1.90. The molecule has 0 spiro atoms. The average Bonchev–Trinajstić information content (AvgIpc) is 3.21. The van der Waals surface area contributed by atoms with E-state index < -0.39 is 10.0 Å². The minimum atomic E-state index is -3.57. The monoisotopic (exact) mass is 466 g/mol. The lowest BCUT2D eigenvalue weighted by Crippen LogP contribution is -2.31. The number of aryl methyl sites for hydroxylation is 1. The molecule has 0 aliphatic carbocycles. The van der Waals surface area contributed by atoms with Gasteiger partial charge in [-0.3, -0.25) is 4.68 Å². The average molecular weight is 467 g/mol. The largest absolute Gasteiger partial charge is 0.444 e. The summed E-state index contributed by atoms with van der Waals surface area (Å²) in [5.74, 6) is 0.514. The van der Waals surface area contributed by atoms with Crippen LogP contribution in [0.2, 0.25) is 0 Å². The zero-order valence-electron chi connectivity index (χ0n) is 16.3.